The number of hydrogen-bond donors (Lipinski definition) is 0. The molecule has 0 N–H and O–H groups in total. The fourth-order valence-electron chi connectivity index (χ4n) is 1.03. The molecule has 1 rings (SSSR count). The van der Waals surface area contributed by atoms with Gasteiger partial charge in [-0.05, 0) is 22.5 Å². The highest BCUT2D eigenvalue weighted by atomic mass is 127. The van der Waals surface area contributed by atoms with E-state index in [4.69, 9.17) is 0 Å². The molecule has 0 spiro atoms. The van der Waals surface area contributed by atoms with Crippen LogP contribution >= 0.6 is 22.6 Å². The lowest BCUT2D eigenvalue weighted by molar-refractivity contribution is -0.114. The highest BCUT2D eigenvalue weighted by Gasteiger charge is 2.13. The molecule has 0 aromatic carbocycles. The van der Waals surface area contributed by atoms with Crippen molar-refractivity contribution in [3.05, 3.63) is 22.3 Å². The number of carbonyl (C=O) groups is 1. The highest BCUT2D eigenvalue weighted by molar-refractivity contribution is 14.1. The summed E-state index contributed by atoms with van der Waals surface area (Å²) < 4.78 is 1.99. The van der Waals surface area contributed by atoms with Crippen molar-refractivity contribution in [1.82, 2.24) is 0 Å². The maximum absolute atomic E-state index is 10.7. The van der Waals surface area contributed by atoms with Gasteiger partial charge in [0.05, 0.1) is 0 Å². The zero-order valence-electron chi connectivity index (χ0n) is 5.59. The number of carbonyl (C=O) groups excluding carboxylic acids is 1. The topological polar surface area (TPSA) is 17.1 Å². The Morgan fingerprint density at radius 1 is 1.80 bits per heavy atom. The first-order valence-corrected chi connectivity index (χ1v) is 4.53. The highest BCUT2D eigenvalue weighted by Crippen LogP contribution is 2.18. The predicted octanol–water partition coefficient (Wildman–Crippen LogP) is 2.47. The predicted molar refractivity (Wildman–Crippen MR) is 50.0 cm³/mol. The summed E-state index contributed by atoms with van der Waals surface area (Å²) in [6, 6.07) is 0. The monoisotopic (exact) mass is 248 g/mol. The number of ketones is 1. The van der Waals surface area contributed by atoms with Crippen LogP contribution in [-0.4, -0.2) is 5.78 Å². The summed E-state index contributed by atoms with van der Waals surface area (Å²) in [5.41, 5.74) is 0. The third-order valence-electron chi connectivity index (χ3n) is 1.55. The van der Waals surface area contributed by atoms with Gasteiger partial charge in [0.25, 0.3) is 0 Å². The summed E-state index contributed by atoms with van der Waals surface area (Å²) in [5, 5.41) is 0. The fraction of sp³-hybridized carbons (Fsp3) is 0.375. The van der Waals surface area contributed by atoms with Crippen LogP contribution in [0.3, 0.4) is 0 Å². The molecule has 1 atom stereocenters. The Morgan fingerprint density at radius 2 is 2.60 bits per heavy atom. The van der Waals surface area contributed by atoms with Gasteiger partial charge in [-0.3, -0.25) is 4.79 Å². The molecule has 0 heterocycles. The van der Waals surface area contributed by atoms with Crippen LogP contribution in [0.2, 0.25) is 0 Å². The van der Waals surface area contributed by atoms with Crippen LogP contribution in [0.5, 0.6) is 0 Å². The van der Waals surface area contributed by atoms with Crippen molar-refractivity contribution in [2.24, 2.45) is 5.92 Å². The average Bonchev–Trinajstić information content (AvgIpc) is 2.31. The Bertz CT molecular complexity index is 182. The van der Waals surface area contributed by atoms with Gasteiger partial charge in [-0.2, -0.15) is 0 Å². The van der Waals surface area contributed by atoms with Crippen molar-refractivity contribution in [3.8, 4) is 0 Å². The molecule has 0 saturated carbocycles. The molecule has 1 unspecified atom stereocenters. The van der Waals surface area contributed by atoms with E-state index in [1.807, 2.05) is 10.2 Å². The minimum Gasteiger partial charge on any atom is -0.295 e. The Hall–Kier alpha value is -0.120. The molecular weight excluding hydrogens is 239 g/mol. The first-order chi connectivity index (χ1) is 4.83. The van der Waals surface area contributed by atoms with Gasteiger partial charge in [0, 0.05) is 6.42 Å². The van der Waals surface area contributed by atoms with E-state index in [-0.39, 0.29) is 5.78 Å². The molecule has 0 fully saturated rings. The van der Waals surface area contributed by atoms with Crippen molar-refractivity contribution in [3.63, 3.8) is 0 Å². The second-order valence-electron chi connectivity index (χ2n) is 2.39. The zero-order chi connectivity index (χ0) is 7.40. The summed E-state index contributed by atoms with van der Waals surface area (Å²) in [4.78, 5) is 10.7. The van der Waals surface area contributed by atoms with Gasteiger partial charge in [0.1, 0.15) is 0 Å². The Labute approximate surface area is 74.3 Å². The van der Waals surface area contributed by atoms with Gasteiger partial charge in [0.2, 0.25) is 0 Å². The van der Waals surface area contributed by atoms with Gasteiger partial charge in [0.15, 0.2) is 5.78 Å². The normalized spacial score (nSPS) is 24.9. The first kappa shape index (κ1) is 7.98. The molecule has 1 nitrogen and oxygen atoms in total. The second kappa shape index (κ2) is 3.91. The molecule has 2 heteroatoms. The lowest BCUT2D eigenvalue weighted by Crippen LogP contribution is -1.93. The summed E-state index contributed by atoms with van der Waals surface area (Å²) in [6.45, 7) is 0. The molecule has 0 radical (unpaired) electrons. The first-order valence-electron chi connectivity index (χ1n) is 3.29. The van der Waals surface area contributed by atoms with Crippen molar-refractivity contribution in [1.29, 1.82) is 0 Å². The van der Waals surface area contributed by atoms with Gasteiger partial charge in [-0.25, -0.2) is 0 Å². The molecule has 0 bridgehead atoms. The zero-order valence-corrected chi connectivity index (χ0v) is 7.74. The minimum absolute atomic E-state index is 0.270. The van der Waals surface area contributed by atoms with Gasteiger partial charge >= 0.3 is 0 Å². The third-order valence-corrected chi connectivity index (χ3v) is 2.05. The lowest BCUT2D eigenvalue weighted by Gasteiger charge is -1.98. The Balaban J connectivity index is 2.33. The van der Waals surface area contributed by atoms with E-state index in [2.05, 4.69) is 28.7 Å². The molecule has 10 heavy (non-hydrogen) atoms. The molecule has 0 saturated heterocycles. The van der Waals surface area contributed by atoms with E-state index in [1.54, 1.807) is 6.08 Å². The molecule has 1 aliphatic carbocycles. The lowest BCUT2D eigenvalue weighted by atomic mass is 10.1. The maximum Gasteiger partial charge on any atom is 0.155 e. The molecular formula is C8H9IO. The Kier molecular flexibility index (Phi) is 3.12. The van der Waals surface area contributed by atoms with Crippen LogP contribution in [0.4, 0.5) is 0 Å². The molecule has 0 aromatic heterocycles. The smallest absolute Gasteiger partial charge is 0.155 e. The van der Waals surface area contributed by atoms with Crippen LogP contribution in [0, 0.1) is 5.92 Å². The standard InChI is InChI=1S/C8H9IO/c9-5-1-2-7-3-4-8(10)6-7/h1,3-5,7H,2,6H2/b5-1-. The summed E-state index contributed by atoms with van der Waals surface area (Å²) in [5.74, 6) is 0.741. The van der Waals surface area contributed by atoms with Crippen molar-refractivity contribution < 1.29 is 4.79 Å². The van der Waals surface area contributed by atoms with Crippen molar-refractivity contribution in [2.75, 3.05) is 0 Å². The van der Waals surface area contributed by atoms with Gasteiger partial charge in [-0.1, -0.05) is 34.7 Å². The molecule has 1 aliphatic rings. The quantitative estimate of drug-likeness (QED) is 0.686. The van der Waals surface area contributed by atoms with E-state index in [1.165, 1.54) is 0 Å². The third kappa shape index (κ3) is 2.25. The Morgan fingerprint density at radius 3 is 3.10 bits per heavy atom. The molecule has 54 valence electrons. The molecule has 0 aromatic rings. The number of hydrogen-bond acceptors (Lipinski definition) is 1. The van der Waals surface area contributed by atoms with Gasteiger partial charge in [-0.15, -0.1) is 0 Å². The van der Waals surface area contributed by atoms with Gasteiger partial charge < -0.3 is 0 Å². The summed E-state index contributed by atoms with van der Waals surface area (Å²) in [6.07, 6.45) is 7.49. The van der Waals surface area contributed by atoms with Crippen LogP contribution in [0.25, 0.3) is 0 Å². The van der Waals surface area contributed by atoms with E-state index >= 15 is 0 Å². The largest absolute Gasteiger partial charge is 0.295 e. The van der Waals surface area contributed by atoms with Crippen LogP contribution in [0.15, 0.2) is 22.3 Å². The minimum atomic E-state index is 0.270. The van der Waals surface area contributed by atoms with E-state index in [9.17, 15) is 4.79 Å². The molecule has 0 amide bonds. The number of halogens is 1. The maximum atomic E-state index is 10.7. The van der Waals surface area contributed by atoms with E-state index in [0.29, 0.717) is 12.3 Å². The fourth-order valence-corrected chi connectivity index (χ4v) is 1.32. The van der Waals surface area contributed by atoms with E-state index in [0.717, 1.165) is 6.42 Å². The average molecular weight is 248 g/mol. The molecule has 0 aliphatic heterocycles. The number of rotatable bonds is 2. The second-order valence-corrected chi connectivity index (χ2v) is 3.11. The SMILES string of the molecule is O=C1C=CC(C/C=C\I)C1. The van der Waals surface area contributed by atoms with Crippen molar-refractivity contribution in [2.45, 2.75) is 12.8 Å². The van der Waals surface area contributed by atoms with Crippen LogP contribution < -0.4 is 0 Å². The summed E-state index contributed by atoms with van der Waals surface area (Å²) >= 11 is 2.19. The number of allylic oxidation sites excluding steroid dienone is 3. The van der Waals surface area contributed by atoms with Crippen LogP contribution in [0.1, 0.15) is 12.8 Å². The summed E-state index contributed by atoms with van der Waals surface area (Å²) in [7, 11) is 0. The van der Waals surface area contributed by atoms with Crippen molar-refractivity contribution >= 4 is 28.4 Å². The van der Waals surface area contributed by atoms with E-state index < -0.39 is 0 Å². The van der Waals surface area contributed by atoms with Crippen LogP contribution in [-0.2, 0) is 4.79 Å².